The molecule has 2 nitrogen and oxygen atoms in total. The van der Waals surface area contributed by atoms with E-state index in [4.69, 9.17) is 5.11 Å². The molecule has 0 bridgehead atoms. The van der Waals surface area contributed by atoms with Crippen LogP contribution in [-0.2, 0) is 4.74 Å². The maximum absolute atomic E-state index is 8.11. The van der Waals surface area contributed by atoms with Crippen molar-refractivity contribution in [3.8, 4) is 0 Å². The van der Waals surface area contributed by atoms with E-state index in [9.17, 15) is 0 Å². The number of hydrogen-bond donors (Lipinski definition) is 1. The Morgan fingerprint density at radius 2 is 2.57 bits per heavy atom. The van der Waals surface area contributed by atoms with Gasteiger partial charge in [-0.3, -0.25) is 0 Å². The smallest absolute Gasteiger partial charge is 0.156 e. The molecule has 0 aliphatic rings. The van der Waals surface area contributed by atoms with E-state index in [1.54, 1.807) is 13.0 Å². The van der Waals surface area contributed by atoms with Gasteiger partial charge in [0.05, 0.1) is 6.61 Å². The Kier molecular flexibility index (Phi) is 5.11. The molecule has 0 spiro atoms. The van der Waals surface area contributed by atoms with Crippen LogP contribution in [0.4, 0.5) is 0 Å². The molecule has 0 saturated heterocycles. The molecule has 0 rings (SSSR count). The standard InChI is InChI=1S/C5H9O2/c1-2-4-7-5-3-6/h2,6H,3,5H2,1H3. The fraction of sp³-hybridized carbons (Fsp3) is 0.600. The summed E-state index contributed by atoms with van der Waals surface area (Å²) in [5, 5.41) is 8.11. The quantitative estimate of drug-likeness (QED) is 0.410. The van der Waals surface area contributed by atoms with E-state index >= 15 is 0 Å². The SMILES string of the molecule is CC=[C]OCCO. The number of ether oxygens (including phenoxy) is 1. The lowest BCUT2D eigenvalue weighted by Gasteiger charge is -1.89. The minimum absolute atomic E-state index is 0.0564. The minimum atomic E-state index is 0.0564. The molecule has 0 aromatic rings. The van der Waals surface area contributed by atoms with Gasteiger partial charge in [-0.25, -0.2) is 0 Å². The molecule has 1 radical (unpaired) electrons. The Hall–Kier alpha value is -0.500. The van der Waals surface area contributed by atoms with Crippen LogP contribution in [0.25, 0.3) is 0 Å². The van der Waals surface area contributed by atoms with Crippen molar-refractivity contribution in [3.63, 3.8) is 0 Å². The van der Waals surface area contributed by atoms with Crippen molar-refractivity contribution < 1.29 is 9.84 Å². The van der Waals surface area contributed by atoms with Crippen LogP contribution in [0.1, 0.15) is 6.92 Å². The first-order valence-electron chi connectivity index (χ1n) is 2.18. The average molecular weight is 101 g/mol. The molecule has 41 valence electrons. The molecule has 0 saturated carbocycles. The van der Waals surface area contributed by atoms with Crippen molar-refractivity contribution in [1.29, 1.82) is 0 Å². The zero-order valence-corrected chi connectivity index (χ0v) is 4.35. The zero-order valence-electron chi connectivity index (χ0n) is 4.35. The van der Waals surface area contributed by atoms with Crippen molar-refractivity contribution in [2.75, 3.05) is 13.2 Å². The molecule has 1 N–H and O–H groups in total. The van der Waals surface area contributed by atoms with Gasteiger partial charge in [0.1, 0.15) is 6.61 Å². The van der Waals surface area contributed by atoms with Gasteiger partial charge >= 0.3 is 0 Å². The summed E-state index contributed by atoms with van der Waals surface area (Å²) < 4.78 is 4.58. The maximum Gasteiger partial charge on any atom is 0.156 e. The first-order chi connectivity index (χ1) is 3.41. The lowest BCUT2D eigenvalue weighted by molar-refractivity contribution is 0.154. The summed E-state index contributed by atoms with van der Waals surface area (Å²) in [7, 11) is 0. The highest BCUT2D eigenvalue weighted by atomic mass is 16.5. The topological polar surface area (TPSA) is 29.5 Å². The van der Waals surface area contributed by atoms with Crippen molar-refractivity contribution in [3.05, 3.63) is 12.3 Å². The van der Waals surface area contributed by atoms with E-state index in [-0.39, 0.29) is 6.61 Å². The molecule has 2 heteroatoms. The normalized spacial score (nSPS) is 10.0. The summed E-state index contributed by atoms with van der Waals surface area (Å²) in [5.74, 6) is 0. The van der Waals surface area contributed by atoms with Gasteiger partial charge in [0.25, 0.3) is 0 Å². The summed E-state index contributed by atoms with van der Waals surface area (Å²) in [5.41, 5.74) is 0. The minimum Gasteiger partial charge on any atom is -0.488 e. The van der Waals surface area contributed by atoms with Gasteiger partial charge in [-0.05, 0) is 13.0 Å². The molecule has 0 unspecified atom stereocenters. The maximum atomic E-state index is 8.11. The molecule has 0 aliphatic carbocycles. The van der Waals surface area contributed by atoms with Crippen LogP contribution in [-0.4, -0.2) is 18.3 Å². The summed E-state index contributed by atoms with van der Waals surface area (Å²) in [6, 6.07) is 0. The third-order valence-electron chi connectivity index (χ3n) is 0.395. The third-order valence-corrected chi connectivity index (χ3v) is 0.395. The van der Waals surface area contributed by atoms with Crippen molar-refractivity contribution >= 4 is 0 Å². The van der Waals surface area contributed by atoms with Gasteiger partial charge in [0, 0.05) is 0 Å². The van der Waals surface area contributed by atoms with Crippen LogP contribution >= 0.6 is 0 Å². The highest BCUT2D eigenvalue weighted by Gasteiger charge is 1.72. The van der Waals surface area contributed by atoms with Gasteiger partial charge in [-0.1, -0.05) is 0 Å². The van der Waals surface area contributed by atoms with Crippen LogP contribution in [0.2, 0.25) is 0 Å². The van der Waals surface area contributed by atoms with E-state index in [1.807, 2.05) is 0 Å². The van der Waals surface area contributed by atoms with Crippen molar-refractivity contribution in [1.82, 2.24) is 0 Å². The predicted octanol–water partition coefficient (Wildman–Crippen LogP) is 0.332. The van der Waals surface area contributed by atoms with Gasteiger partial charge < -0.3 is 9.84 Å². The Labute approximate surface area is 43.4 Å². The fourth-order valence-corrected chi connectivity index (χ4v) is 0.188. The van der Waals surface area contributed by atoms with Crippen LogP contribution < -0.4 is 0 Å². The second-order valence-corrected chi connectivity index (χ2v) is 0.979. The van der Waals surface area contributed by atoms with E-state index in [0.717, 1.165) is 0 Å². The summed E-state index contributed by atoms with van der Waals surface area (Å²) in [4.78, 5) is 0. The van der Waals surface area contributed by atoms with Crippen LogP contribution in [0.15, 0.2) is 6.08 Å². The molecule has 0 aromatic heterocycles. The van der Waals surface area contributed by atoms with Crippen molar-refractivity contribution in [2.24, 2.45) is 0 Å². The van der Waals surface area contributed by atoms with Gasteiger partial charge in [-0.15, -0.1) is 0 Å². The Morgan fingerprint density at radius 1 is 1.86 bits per heavy atom. The van der Waals surface area contributed by atoms with Gasteiger partial charge in [0.2, 0.25) is 0 Å². The van der Waals surface area contributed by atoms with Crippen molar-refractivity contribution in [2.45, 2.75) is 6.92 Å². The Morgan fingerprint density at radius 3 is 3.00 bits per heavy atom. The fourth-order valence-electron chi connectivity index (χ4n) is 0.188. The molecule has 0 heterocycles. The summed E-state index contributed by atoms with van der Waals surface area (Å²) in [6.45, 7) is 2.20. The van der Waals surface area contributed by atoms with Crippen LogP contribution in [0, 0.1) is 6.26 Å². The molecular formula is C5H9O2. The first-order valence-corrected chi connectivity index (χ1v) is 2.18. The molecule has 0 aliphatic heterocycles. The highest BCUT2D eigenvalue weighted by molar-refractivity contribution is 4.55. The van der Waals surface area contributed by atoms with E-state index in [0.29, 0.717) is 6.61 Å². The lowest BCUT2D eigenvalue weighted by atomic mass is 10.7. The van der Waals surface area contributed by atoms with E-state index < -0.39 is 0 Å². The molecule has 0 fully saturated rings. The summed E-state index contributed by atoms with van der Waals surface area (Å²) in [6.07, 6.45) is 4.11. The summed E-state index contributed by atoms with van der Waals surface area (Å²) >= 11 is 0. The van der Waals surface area contributed by atoms with E-state index in [2.05, 4.69) is 11.0 Å². The van der Waals surface area contributed by atoms with E-state index in [1.165, 1.54) is 0 Å². The van der Waals surface area contributed by atoms with Gasteiger partial charge in [0.15, 0.2) is 6.26 Å². The van der Waals surface area contributed by atoms with Crippen LogP contribution in [0.5, 0.6) is 0 Å². The Bertz CT molecular complexity index is 50.0. The largest absolute Gasteiger partial charge is 0.488 e. The second-order valence-electron chi connectivity index (χ2n) is 0.979. The molecule has 7 heavy (non-hydrogen) atoms. The molecular weight excluding hydrogens is 92.1 g/mol. The number of hydrogen-bond acceptors (Lipinski definition) is 2. The number of aliphatic hydroxyl groups excluding tert-OH is 1. The highest BCUT2D eigenvalue weighted by Crippen LogP contribution is 1.71. The Balaban J connectivity index is 2.69. The monoisotopic (exact) mass is 101 g/mol. The molecule has 0 atom stereocenters. The molecule has 0 amide bonds. The molecule has 0 aromatic carbocycles. The lowest BCUT2D eigenvalue weighted by Crippen LogP contribution is -1.91. The number of allylic oxidation sites excluding steroid dienone is 1. The second kappa shape index (κ2) is 5.50. The third kappa shape index (κ3) is 5.50. The van der Waals surface area contributed by atoms with Crippen LogP contribution in [0.3, 0.4) is 0 Å². The zero-order chi connectivity index (χ0) is 5.54. The first kappa shape index (κ1) is 6.50. The van der Waals surface area contributed by atoms with Gasteiger partial charge in [-0.2, -0.15) is 0 Å². The number of rotatable bonds is 3. The number of aliphatic hydroxyl groups is 1. The predicted molar refractivity (Wildman–Crippen MR) is 26.5 cm³/mol. The average Bonchev–Trinajstić information content (AvgIpc) is 1.69.